The smallest absolute Gasteiger partial charge is 0.331 e. The van der Waals surface area contributed by atoms with Gasteiger partial charge >= 0.3 is 5.69 Å². The number of nitrogens with zero attached hydrogens (tertiary/aromatic N) is 3. The van der Waals surface area contributed by atoms with Crippen molar-refractivity contribution in [3.63, 3.8) is 0 Å². The molecule has 0 spiro atoms. The summed E-state index contributed by atoms with van der Waals surface area (Å²) in [5, 5.41) is 3.26. The predicted molar refractivity (Wildman–Crippen MR) is 128 cm³/mol. The second-order valence-electron chi connectivity index (χ2n) is 8.79. The van der Waals surface area contributed by atoms with Crippen molar-refractivity contribution in [1.29, 1.82) is 0 Å². The van der Waals surface area contributed by atoms with E-state index >= 15 is 0 Å². The number of amides is 1. The van der Waals surface area contributed by atoms with Gasteiger partial charge < -0.3 is 15.0 Å². The van der Waals surface area contributed by atoms with E-state index in [-0.39, 0.29) is 23.1 Å². The number of carbonyl (C=O) groups excluding carboxylic acids is 1. The molecule has 4 rings (SSSR count). The van der Waals surface area contributed by atoms with Crippen molar-refractivity contribution in [2.75, 3.05) is 27.2 Å². The first kappa shape index (κ1) is 22.8. The average molecular weight is 451 g/mol. The summed E-state index contributed by atoms with van der Waals surface area (Å²) in [4.78, 5) is 41.2. The molecule has 2 heterocycles. The van der Waals surface area contributed by atoms with Crippen LogP contribution in [0.2, 0.25) is 0 Å². The largest absolute Gasteiger partial charge is 0.497 e. The van der Waals surface area contributed by atoms with Crippen LogP contribution < -0.4 is 21.3 Å². The van der Waals surface area contributed by atoms with Gasteiger partial charge in [-0.05, 0) is 68.2 Å². The Bertz CT molecular complexity index is 1280. The summed E-state index contributed by atoms with van der Waals surface area (Å²) in [5.74, 6) is 0.727. The highest BCUT2D eigenvalue weighted by molar-refractivity contribution is 5.97. The SMILES string of the molecule is COc1ccc(CNC(=O)c2ccc3c(c2)c(=O)n(CC2CCCN(C)C2)c(=O)n3C)cc1. The van der Waals surface area contributed by atoms with Crippen LogP contribution in [-0.4, -0.2) is 47.2 Å². The van der Waals surface area contributed by atoms with Gasteiger partial charge in [0, 0.05) is 32.2 Å². The van der Waals surface area contributed by atoms with Crippen LogP contribution in [0.25, 0.3) is 10.9 Å². The number of rotatable bonds is 6. The molecule has 1 N–H and O–H groups in total. The number of nitrogens with one attached hydrogen (secondary N) is 1. The quantitative estimate of drug-likeness (QED) is 0.621. The Morgan fingerprint density at radius 2 is 1.88 bits per heavy atom. The first-order valence-corrected chi connectivity index (χ1v) is 11.2. The fourth-order valence-electron chi connectivity index (χ4n) is 4.53. The van der Waals surface area contributed by atoms with Crippen molar-refractivity contribution in [3.8, 4) is 5.75 Å². The summed E-state index contributed by atoms with van der Waals surface area (Å²) in [5.41, 5.74) is 1.18. The molecule has 1 aromatic heterocycles. The zero-order chi connectivity index (χ0) is 23.5. The molecule has 1 saturated heterocycles. The van der Waals surface area contributed by atoms with Gasteiger partial charge in [-0.3, -0.25) is 18.7 Å². The van der Waals surface area contributed by atoms with Crippen LogP contribution in [0.5, 0.6) is 5.75 Å². The molecule has 0 radical (unpaired) electrons. The number of benzene rings is 2. The lowest BCUT2D eigenvalue weighted by Gasteiger charge is -2.29. The van der Waals surface area contributed by atoms with E-state index in [2.05, 4.69) is 17.3 Å². The van der Waals surface area contributed by atoms with Gasteiger partial charge in [-0.15, -0.1) is 0 Å². The molecule has 8 nitrogen and oxygen atoms in total. The van der Waals surface area contributed by atoms with Gasteiger partial charge in [0.2, 0.25) is 0 Å². The van der Waals surface area contributed by atoms with E-state index in [1.165, 1.54) is 9.13 Å². The van der Waals surface area contributed by atoms with Gasteiger partial charge in [-0.25, -0.2) is 4.79 Å². The van der Waals surface area contributed by atoms with Crippen LogP contribution in [-0.2, 0) is 20.1 Å². The van der Waals surface area contributed by atoms with Crippen molar-refractivity contribution in [3.05, 3.63) is 74.4 Å². The Morgan fingerprint density at radius 3 is 2.58 bits per heavy atom. The number of aryl methyl sites for hydroxylation is 1. The van der Waals surface area contributed by atoms with E-state index in [1.807, 2.05) is 24.3 Å². The minimum atomic E-state index is -0.342. The van der Waals surface area contributed by atoms with Gasteiger partial charge in [0.25, 0.3) is 11.5 Å². The van der Waals surface area contributed by atoms with Gasteiger partial charge in [0.05, 0.1) is 18.0 Å². The van der Waals surface area contributed by atoms with E-state index in [0.717, 1.165) is 37.2 Å². The molecule has 1 fully saturated rings. The predicted octanol–water partition coefficient (Wildman–Crippen LogP) is 1.98. The number of aromatic nitrogens is 2. The number of piperidine rings is 1. The molecule has 2 aromatic carbocycles. The normalized spacial score (nSPS) is 16.6. The number of ether oxygens (including phenoxy) is 1. The van der Waals surface area contributed by atoms with Gasteiger partial charge in [-0.1, -0.05) is 12.1 Å². The lowest BCUT2D eigenvalue weighted by molar-refractivity contribution is 0.0951. The van der Waals surface area contributed by atoms with Crippen LogP contribution in [0.4, 0.5) is 0 Å². The van der Waals surface area contributed by atoms with Gasteiger partial charge in [0.1, 0.15) is 5.75 Å². The lowest BCUT2D eigenvalue weighted by atomic mass is 9.98. The summed E-state index contributed by atoms with van der Waals surface area (Å²) in [6.07, 6.45) is 2.05. The number of methoxy groups -OCH3 is 1. The minimum absolute atomic E-state index is 0.252. The molecule has 3 aromatic rings. The van der Waals surface area contributed by atoms with Crippen molar-refractivity contribution in [2.24, 2.45) is 13.0 Å². The molecule has 0 saturated carbocycles. The van der Waals surface area contributed by atoms with Gasteiger partial charge in [-0.2, -0.15) is 0 Å². The lowest BCUT2D eigenvalue weighted by Crippen LogP contribution is -2.43. The number of hydrogen-bond donors (Lipinski definition) is 1. The third-order valence-corrected chi connectivity index (χ3v) is 6.39. The Morgan fingerprint density at radius 1 is 1.12 bits per heavy atom. The highest BCUT2D eigenvalue weighted by atomic mass is 16.5. The molecular weight excluding hydrogens is 420 g/mol. The van der Waals surface area contributed by atoms with Crippen LogP contribution in [0.1, 0.15) is 28.8 Å². The van der Waals surface area contributed by atoms with Crippen LogP contribution in [0, 0.1) is 5.92 Å². The summed E-state index contributed by atoms with van der Waals surface area (Å²) < 4.78 is 7.96. The van der Waals surface area contributed by atoms with Crippen LogP contribution in [0.15, 0.2) is 52.1 Å². The zero-order valence-electron chi connectivity index (χ0n) is 19.3. The highest BCUT2D eigenvalue weighted by Crippen LogP contribution is 2.17. The molecule has 0 aliphatic carbocycles. The summed E-state index contributed by atoms with van der Waals surface area (Å²) >= 11 is 0. The maximum atomic E-state index is 13.3. The molecule has 0 bridgehead atoms. The molecule has 1 aliphatic heterocycles. The topological polar surface area (TPSA) is 85.6 Å². The van der Waals surface area contributed by atoms with Crippen molar-refractivity contribution < 1.29 is 9.53 Å². The Balaban J connectivity index is 1.59. The fraction of sp³-hybridized carbons (Fsp3) is 0.400. The van der Waals surface area contributed by atoms with Crippen molar-refractivity contribution in [2.45, 2.75) is 25.9 Å². The minimum Gasteiger partial charge on any atom is -0.497 e. The van der Waals surface area contributed by atoms with E-state index < -0.39 is 0 Å². The first-order chi connectivity index (χ1) is 15.9. The van der Waals surface area contributed by atoms with Gasteiger partial charge in [0.15, 0.2) is 0 Å². The number of carbonyl (C=O) groups is 1. The molecule has 174 valence electrons. The third kappa shape index (κ3) is 4.85. The molecule has 1 unspecified atom stereocenters. The standard InChI is InChI=1S/C25H30N4O4/c1-27-12-4-5-18(15-27)16-29-24(31)21-13-19(8-11-22(21)28(2)25(29)32)23(30)26-14-17-6-9-20(33-3)10-7-17/h6-11,13,18H,4-5,12,14-16H2,1-3H3,(H,26,30). The molecule has 8 heteroatoms. The average Bonchev–Trinajstić information content (AvgIpc) is 2.83. The van der Waals surface area contributed by atoms with E-state index in [4.69, 9.17) is 4.74 Å². The Hall–Kier alpha value is -3.39. The Labute approximate surface area is 192 Å². The molecular formula is C25H30N4O4. The fourth-order valence-corrected chi connectivity index (χ4v) is 4.53. The summed E-state index contributed by atoms with van der Waals surface area (Å²) in [6, 6.07) is 12.3. The number of fused-ring (bicyclic) bond motifs is 1. The summed E-state index contributed by atoms with van der Waals surface area (Å²) in [6.45, 7) is 2.64. The van der Waals surface area contributed by atoms with Crippen molar-refractivity contribution in [1.82, 2.24) is 19.4 Å². The summed E-state index contributed by atoms with van der Waals surface area (Å²) in [7, 11) is 5.33. The van der Waals surface area contributed by atoms with E-state index in [1.54, 1.807) is 32.4 Å². The molecule has 1 atom stereocenters. The van der Waals surface area contributed by atoms with E-state index in [9.17, 15) is 14.4 Å². The second kappa shape index (κ2) is 9.62. The number of likely N-dealkylation sites (tertiary alicyclic amines) is 1. The molecule has 1 amide bonds. The maximum absolute atomic E-state index is 13.3. The number of hydrogen-bond acceptors (Lipinski definition) is 5. The van der Waals surface area contributed by atoms with E-state index in [0.29, 0.717) is 29.6 Å². The maximum Gasteiger partial charge on any atom is 0.331 e. The monoisotopic (exact) mass is 450 g/mol. The third-order valence-electron chi connectivity index (χ3n) is 6.39. The second-order valence-corrected chi connectivity index (χ2v) is 8.79. The van der Waals surface area contributed by atoms with Crippen LogP contribution >= 0.6 is 0 Å². The van der Waals surface area contributed by atoms with Crippen molar-refractivity contribution >= 4 is 16.8 Å². The zero-order valence-corrected chi connectivity index (χ0v) is 19.3. The Kier molecular flexibility index (Phi) is 6.65. The first-order valence-electron chi connectivity index (χ1n) is 11.2. The molecule has 1 aliphatic rings. The molecule has 33 heavy (non-hydrogen) atoms. The van der Waals surface area contributed by atoms with Crippen LogP contribution in [0.3, 0.4) is 0 Å². The highest BCUT2D eigenvalue weighted by Gasteiger charge is 2.21.